The van der Waals surface area contributed by atoms with E-state index in [0.29, 0.717) is 18.4 Å². The van der Waals surface area contributed by atoms with Crippen LogP contribution in [0.3, 0.4) is 0 Å². The summed E-state index contributed by atoms with van der Waals surface area (Å²) in [4.78, 5) is 21.7. The Labute approximate surface area is 145 Å². The van der Waals surface area contributed by atoms with Crippen LogP contribution >= 0.6 is 0 Å². The van der Waals surface area contributed by atoms with Gasteiger partial charge in [0, 0.05) is 17.8 Å². The van der Waals surface area contributed by atoms with Crippen LogP contribution in [0.5, 0.6) is 0 Å². The van der Waals surface area contributed by atoms with E-state index in [2.05, 4.69) is 15.3 Å². The van der Waals surface area contributed by atoms with Crippen LogP contribution in [0, 0.1) is 5.92 Å². The van der Waals surface area contributed by atoms with Gasteiger partial charge in [-0.05, 0) is 43.0 Å². The van der Waals surface area contributed by atoms with Gasteiger partial charge in [-0.2, -0.15) is 0 Å². The maximum Gasteiger partial charge on any atom is 0.252 e. The van der Waals surface area contributed by atoms with Crippen molar-refractivity contribution in [3.8, 4) is 0 Å². The number of benzene rings is 1. The number of aliphatic hydroxyl groups excluding tert-OH is 1. The molecule has 1 aliphatic rings. The molecule has 2 N–H and O–H groups in total. The zero-order valence-electron chi connectivity index (χ0n) is 13.7. The molecule has 0 aliphatic heterocycles. The van der Waals surface area contributed by atoms with Gasteiger partial charge in [0.2, 0.25) is 0 Å². The van der Waals surface area contributed by atoms with Crippen LogP contribution < -0.4 is 5.32 Å². The van der Waals surface area contributed by atoms with Gasteiger partial charge in [0.15, 0.2) is 0 Å². The van der Waals surface area contributed by atoms with E-state index in [1.54, 1.807) is 18.5 Å². The molecule has 0 saturated heterocycles. The molecule has 1 atom stereocenters. The molecule has 1 amide bonds. The summed E-state index contributed by atoms with van der Waals surface area (Å²) in [5, 5.41) is 13.6. The average molecular weight is 333 g/mol. The summed E-state index contributed by atoms with van der Waals surface area (Å²) in [7, 11) is 0. The lowest BCUT2D eigenvalue weighted by atomic mass is 9.76. The van der Waals surface area contributed by atoms with E-state index < -0.39 is 0 Å². The number of carbonyl (C=O) groups excluding carboxylic acids is 1. The van der Waals surface area contributed by atoms with E-state index >= 15 is 0 Å². The third-order valence-electron chi connectivity index (χ3n) is 4.81. The van der Waals surface area contributed by atoms with E-state index in [0.717, 1.165) is 16.6 Å². The van der Waals surface area contributed by atoms with Crippen molar-refractivity contribution in [2.24, 2.45) is 5.92 Å². The number of nitrogens with zero attached hydrogens (tertiary/aromatic N) is 2. The quantitative estimate of drug-likeness (QED) is 0.770. The summed E-state index contributed by atoms with van der Waals surface area (Å²) in [5.41, 5.74) is 2.22. The van der Waals surface area contributed by atoms with Crippen LogP contribution in [0.2, 0.25) is 0 Å². The van der Waals surface area contributed by atoms with Gasteiger partial charge in [-0.1, -0.05) is 24.3 Å². The number of hydrogen-bond donors (Lipinski definition) is 2. The van der Waals surface area contributed by atoms with Crippen LogP contribution in [0.4, 0.5) is 0 Å². The molecule has 0 bridgehead atoms. The molecule has 2 heterocycles. The Balaban J connectivity index is 1.64. The lowest BCUT2D eigenvalue weighted by Gasteiger charge is -2.37. The number of amides is 1. The van der Waals surface area contributed by atoms with Crippen molar-refractivity contribution in [3.05, 3.63) is 72.2 Å². The second-order valence-corrected chi connectivity index (χ2v) is 6.47. The predicted molar refractivity (Wildman–Crippen MR) is 94.9 cm³/mol. The SMILES string of the molecule is O=C(N[C@H](c1ccccn1)C1CC(O)C1)c1ccnc2ccccc12. The van der Waals surface area contributed by atoms with E-state index in [1.165, 1.54) is 0 Å². The highest BCUT2D eigenvalue weighted by molar-refractivity contribution is 6.06. The van der Waals surface area contributed by atoms with E-state index in [4.69, 9.17) is 0 Å². The number of para-hydroxylation sites is 1. The fourth-order valence-electron chi connectivity index (χ4n) is 3.41. The second-order valence-electron chi connectivity index (χ2n) is 6.47. The average Bonchev–Trinajstić information content (AvgIpc) is 2.64. The second kappa shape index (κ2) is 6.61. The van der Waals surface area contributed by atoms with Gasteiger partial charge in [-0.15, -0.1) is 0 Å². The number of carbonyl (C=O) groups is 1. The smallest absolute Gasteiger partial charge is 0.252 e. The molecule has 0 unspecified atom stereocenters. The molecule has 1 fully saturated rings. The van der Waals surface area contributed by atoms with Crippen LogP contribution in [-0.2, 0) is 0 Å². The van der Waals surface area contributed by atoms with Crippen molar-refractivity contribution < 1.29 is 9.90 Å². The lowest BCUT2D eigenvalue weighted by molar-refractivity contribution is 0.0228. The van der Waals surface area contributed by atoms with Crippen LogP contribution in [0.15, 0.2) is 60.9 Å². The first kappa shape index (κ1) is 15.7. The minimum absolute atomic E-state index is 0.143. The number of rotatable bonds is 4. The highest BCUT2D eigenvalue weighted by Crippen LogP contribution is 2.37. The fourth-order valence-corrected chi connectivity index (χ4v) is 3.41. The first-order chi connectivity index (χ1) is 12.2. The Hall–Kier alpha value is -2.79. The van der Waals surface area contributed by atoms with Crippen molar-refractivity contribution in [2.75, 3.05) is 0 Å². The molecule has 126 valence electrons. The number of aliphatic hydroxyl groups is 1. The minimum Gasteiger partial charge on any atom is -0.393 e. The molecular weight excluding hydrogens is 314 g/mol. The molecule has 5 heteroatoms. The number of fused-ring (bicyclic) bond motifs is 1. The zero-order chi connectivity index (χ0) is 17.2. The van der Waals surface area contributed by atoms with Gasteiger partial charge >= 0.3 is 0 Å². The van der Waals surface area contributed by atoms with Crippen molar-refractivity contribution >= 4 is 16.8 Å². The molecule has 4 rings (SSSR count). The Bertz CT molecular complexity index is 886. The molecule has 0 radical (unpaired) electrons. The Morgan fingerprint density at radius 3 is 2.60 bits per heavy atom. The fraction of sp³-hybridized carbons (Fsp3) is 0.250. The monoisotopic (exact) mass is 333 g/mol. The molecule has 1 aromatic carbocycles. The van der Waals surface area contributed by atoms with E-state index in [-0.39, 0.29) is 24.0 Å². The summed E-state index contributed by atoms with van der Waals surface area (Å²) >= 11 is 0. The third-order valence-corrected chi connectivity index (χ3v) is 4.81. The van der Waals surface area contributed by atoms with Crippen molar-refractivity contribution in [1.82, 2.24) is 15.3 Å². The van der Waals surface area contributed by atoms with Gasteiger partial charge < -0.3 is 10.4 Å². The Morgan fingerprint density at radius 2 is 1.84 bits per heavy atom. The zero-order valence-corrected chi connectivity index (χ0v) is 13.7. The first-order valence-corrected chi connectivity index (χ1v) is 8.46. The summed E-state index contributed by atoms with van der Waals surface area (Å²) in [6.07, 6.45) is 4.46. The van der Waals surface area contributed by atoms with E-state index in [9.17, 15) is 9.90 Å². The summed E-state index contributed by atoms with van der Waals surface area (Å²) < 4.78 is 0. The molecule has 3 aromatic rings. The summed E-state index contributed by atoms with van der Waals surface area (Å²) in [6.45, 7) is 0. The number of pyridine rings is 2. The highest BCUT2D eigenvalue weighted by Gasteiger charge is 2.36. The van der Waals surface area contributed by atoms with Crippen LogP contribution in [-0.4, -0.2) is 27.1 Å². The van der Waals surface area contributed by atoms with Crippen molar-refractivity contribution in [2.45, 2.75) is 25.0 Å². The molecule has 1 aliphatic carbocycles. The lowest BCUT2D eigenvalue weighted by Crippen LogP contribution is -2.41. The van der Waals surface area contributed by atoms with Crippen LogP contribution in [0.25, 0.3) is 10.9 Å². The Morgan fingerprint density at radius 1 is 1.04 bits per heavy atom. The van der Waals surface area contributed by atoms with Crippen molar-refractivity contribution in [3.63, 3.8) is 0 Å². The van der Waals surface area contributed by atoms with Gasteiger partial charge in [-0.3, -0.25) is 14.8 Å². The van der Waals surface area contributed by atoms with Gasteiger partial charge in [-0.25, -0.2) is 0 Å². The summed E-state index contributed by atoms with van der Waals surface area (Å²) in [6, 6.07) is 14.8. The molecule has 0 spiro atoms. The largest absolute Gasteiger partial charge is 0.393 e. The molecule has 5 nitrogen and oxygen atoms in total. The molecular formula is C20H19N3O2. The third kappa shape index (κ3) is 3.10. The standard InChI is InChI=1S/C20H19N3O2/c24-14-11-13(12-14)19(18-7-3-4-9-21-18)23-20(25)16-8-10-22-17-6-2-1-5-15(16)17/h1-10,13-14,19,24H,11-12H2,(H,23,25)/t13?,14?,19-/m0/s1. The van der Waals surface area contributed by atoms with Crippen molar-refractivity contribution in [1.29, 1.82) is 0 Å². The topological polar surface area (TPSA) is 75.1 Å². The normalized spacial score (nSPS) is 20.7. The van der Waals surface area contributed by atoms with Gasteiger partial charge in [0.05, 0.1) is 28.9 Å². The number of aromatic nitrogens is 2. The molecule has 1 saturated carbocycles. The number of nitrogens with one attached hydrogen (secondary N) is 1. The number of hydrogen-bond acceptors (Lipinski definition) is 4. The Kier molecular flexibility index (Phi) is 4.15. The van der Waals surface area contributed by atoms with Crippen LogP contribution in [0.1, 0.15) is 34.9 Å². The van der Waals surface area contributed by atoms with Gasteiger partial charge in [0.25, 0.3) is 5.91 Å². The molecule has 25 heavy (non-hydrogen) atoms. The van der Waals surface area contributed by atoms with Gasteiger partial charge in [0.1, 0.15) is 0 Å². The molecule has 2 aromatic heterocycles. The summed E-state index contributed by atoms with van der Waals surface area (Å²) in [5.74, 6) is 0.0533. The first-order valence-electron chi connectivity index (χ1n) is 8.46. The maximum absolute atomic E-state index is 12.9. The highest BCUT2D eigenvalue weighted by atomic mass is 16.3. The maximum atomic E-state index is 12.9. The predicted octanol–water partition coefficient (Wildman–Crippen LogP) is 2.87. The minimum atomic E-state index is -0.283. The van der Waals surface area contributed by atoms with E-state index in [1.807, 2.05) is 42.5 Å².